The third kappa shape index (κ3) is 4.79. The van der Waals surface area contributed by atoms with E-state index in [1.54, 1.807) is 48.5 Å². The van der Waals surface area contributed by atoms with E-state index in [1.807, 2.05) is 0 Å². The zero-order valence-corrected chi connectivity index (χ0v) is 18.2. The number of rotatable bonds is 6. The zero-order chi connectivity index (χ0) is 24.2. The van der Waals surface area contributed by atoms with Gasteiger partial charge < -0.3 is 4.74 Å². The van der Waals surface area contributed by atoms with Gasteiger partial charge >= 0.3 is 6.03 Å². The molecule has 0 unspecified atom stereocenters. The number of nitrogens with zero attached hydrogens (tertiary/aromatic N) is 2. The number of hydrogen-bond donors (Lipinski definition) is 1. The minimum atomic E-state index is -0.878. The van der Waals surface area contributed by atoms with Crippen LogP contribution in [0, 0.1) is 10.1 Å². The average Bonchev–Trinajstić information content (AvgIpc) is 2.81. The molecule has 0 saturated carbocycles. The third-order valence-electron chi connectivity index (χ3n) is 4.93. The Labute approximate surface area is 198 Å². The number of halogens is 1. The fourth-order valence-corrected chi connectivity index (χ4v) is 3.45. The summed E-state index contributed by atoms with van der Waals surface area (Å²) in [6.45, 7) is 0.103. The van der Waals surface area contributed by atoms with Crippen LogP contribution >= 0.6 is 11.6 Å². The van der Waals surface area contributed by atoms with E-state index in [9.17, 15) is 24.5 Å². The first-order chi connectivity index (χ1) is 16.3. The standard InChI is InChI=1S/C24H16ClN3O6/c25-17-5-3-6-19(13-17)27-23(30)20(22(29)26-24(27)31)12-16-4-1-2-7-21(16)34-14-15-8-10-18(11-9-15)28(32)33/h1-13H,14H2,(H,26,29,31)/b20-12+. The van der Waals surface area contributed by atoms with Crippen LogP contribution in [0.15, 0.2) is 78.4 Å². The summed E-state index contributed by atoms with van der Waals surface area (Å²) in [6, 6.07) is 17.9. The number of carbonyl (C=O) groups is 3. The van der Waals surface area contributed by atoms with Crippen LogP contribution in [0.4, 0.5) is 16.2 Å². The Bertz CT molecular complexity index is 1340. The first-order valence-electron chi connectivity index (χ1n) is 9.95. The number of hydrogen-bond acceptors (Lipinski definition) is 6. The topological polar surface area (TPSA) is 119 Å². The lowest BCUT2D eigenvalue weighted by molar-refractivity contribution is -0.384. The molecule has 3 aromatic carbocycles. The molecule has 34 heavy (non-hydrogen) atoms. The van der Waals surface area contributed by atoms with Gasteiger partial charge in [-0.25, -0.2) is 9.69 Å². The van der Waals surface area contributed by atoms with Crippen molar-refractivity contribution in [2.45, 2.75) is 6.61 Å². The predicted octanol–water partition coefficient (Wildman–Crippen LogP) is 4.49. The van der Waals surface area contributed by atoms with Gasteiger partial charge in [-0.2, -0.15) is 0 Å². The number of nitro groups is 1. The van der Waals surface area contributed by atoms with Crippen molar-refractivity contribution in [1.29, 1.82) is 0 Å². The van der Waals surface area contributed by atoms with E-state index in [1.165, 1.54) is 30.3 Å². The number of anilines is 1. The molecule has 1 aliphatic heterocycles. The lowest BCUT2D eigenvalue weighted by Crippen LogP contribution is -2.54. The fraction of sp³-hybridized carbons (Fsp3) is 0.0417. The molecule has 10 heteroatoms. The largest absolute Gasteiger partial charge is 0.488 e. The maximum Gasteiger partial charge on any atom is 0.335 e. The lowest BCUT2D eigenvalue weighted by atomic mass is 10.1. The van der Waals surface area contributed by atoms with Gasteiger partial charge in [0.1, 0.15) is 17.9 Å². The number of carbonyl (C=O) groups excluding carboxylic acids is 3. The van der Waals surface area contributed by atoms with E-state index in [-0.39, 0.29) is 23.6 Å². The molecule has 170 valence electrons. The van der Waals surface area contributed by atoms with Crippen molar-refractivity contribution in [3.05, 3.63) is 105 Å². The van der Waals surface area contributed by atoms with E-state index in [0.717, 1.165) is 4.90 Å². The van der Waals surface area contributed by atoms with Gasteiger partial charge in [0.2, 0.25) is 0 Å². The highest BCUT2D eigenvalue weighted by molar-refractivity contribution is 6.39. The van der Waals surface area contributed by atoms with Crippen LogP contribution in [0.3, 0.4) is 0 Å². The first kappa shape index (κ1) is 22.7. The maximum absolute atomic E-state index is 13.1. The molecular formula is C24H16ClN3O6. The first-order valence-corrected chi connectivity index (χ1v) is 10.3. The Morgan fingerprint density at radius 2 is 1.74 bits per heavy atom. The number of nitro benzene ring substituents is 1. The van der Waals surface area contributed by atoms with Crippen molar-refractivity contribution < 1.29 is 24.0 Å². The van der Waals surface area contributed by atoms with Crippen LogP contribution in [0.2, 0.25) is 5.02 Å². The minimum Gasteiger partial charge on any atom is -0.488 e. The quantitative estimate of drug-likeness (QED) is 0.242. The molecule has 0 aliphatic carbocycles. The monoisotopic (exact) mass is 477 g/mol. The highest BCUT2D eigenvalue weighted by atomic mass is 35.5. The molecule has 0 spiro atoms. The molecule has 1 N–H and O–H groups in total. The van der Waals surface area contributed by atoms with Crippen LogP contribution in [0.25, 0.3) is 6.08 Å². The van der Waals surface area contributed by atoms with Gasteiger partial charge in [-0.1, -0.05) is 35.9 Å². The number of benzene rings is 3. The summed E-state index contributed by atoms with van der Waals surface area (Å²) in [4.78, 5) is 49.0. The van der Waals surface area contributed by atoms with E-state index in [2.05, 4.69) is 5.32 Å². The molecule has 0 atom stereocenters. The number of nitrogens with one attached hydrogen (secondary N) is 1. The van der Waals surface area contributed by atoms with Gasteiger partial charge in [0.05, 0.1) is 10.6 Å². The Morgan fingerprint density at radius 1 is 1.00 bits per heavy atom. The Morgan fingerprint density at radius 3 is 2.44 bits per heavy atom. The normalized spacial score (nSPS) is 14.8. The smallest absolute Gasteiger partial charge is 0.335 e. The van der Waals surface area contributed by atoms with Gasteiger partial charge in [0.15, 0.2) is 0 Å². The number of amides is 4. The minimum absolute atomic E-state index is 0.0329. The van der Waals surface area contributed by atoms with E-state index >= 15 is 0 Å². The molecule has 9 nitrogen and oxygen atoms in total. The summed E-state index contributed by atoms with van der Waals surface area (Å²) in [5.74, 6) is -1.26. The SMILES string of the molecule is O=C1NC(=O)N(c2cccc(Cl)c2)C(=O)/C1=C/c1ccccc1OCc1ccc([N+](=O)[O-])cc1. The number of imide groups is 2. The van der Waals surface area contributed by atoms with Crippen molar-refractivity contribution in [1.82, 2.24) is 5.32 Å². The van der Waals surface area contributed by atoms with Crippen molar-refractivity contribution in [3.63, 3.8) is 0 Å². The van der Waals surface area contributed by atoms with Crippen LogP contribution < -0.4 is 15.0 Å². The van der Waals surface area contributed by atoms with Crippen LogP contribution in [-0.4, -0.2) is 22.8 Å². The molecule has 1 fully saturated rings. The number of urea groups is 1. The second-order valence-corrected chi connectivity index (χ2v) is 7.62. The summed E-state index contributed by atoms with van der Waals surface area (Å²) >= 11 is 5.98. The van der Waals surface area contributed by atoms with Crippen LogP contribution in [-0.2, 0) is 16.2 Å². The van der Waals surface area contributed by atoms with Gasteiger partial charge in [-0.3, -0.25) is 25.0 Å². The molecule has 0 bridgehead atoms. The molecule has 3 aromatic rings. The summed E-state index contributed by atoms with van der Waals surface area (Å²) in [5.41, 5.74) is 1.05. The summed E-state index contributed by atoms with van der Waals surface area (Å²) in [6.07, 6.45) is 1.34. The second-order valence-electron chi connectivity index (χ2n) is 7.19. The summed E-state index contributed by atoms with van der Waals surface area (Å²) in [7, 11) is 0. The van der Waals surface area contributed by atoms with Crippen molar-refractivity contribution in [3.8, 4) is 5.75 Å². The summed E-state index contributed by atoms with van der Waals surface area (Å²) in [5, 5.41) is 13.3. The number of ether oxygens (including phenoxy) is 1. The van der Waals surface area contributed by atoms with Gasteiger partial charge in [-0.05, 0) is 48.0 Å². The Kier molecular flexibility index (Phi) is 6.37. The van der Waals surface area contributed by atoms with Crippen LogP contribution in [0.5, 0.6) is 5.75 Å². The molecule has 1 aliphatic rings. The molecule has 0 radical (unpaired) electrons. The highest BCUT2D eigenvalue weighted by Gasteiger charge is 2.37. The fourth-order valence-electron chi connectivity index (χ4n) is 3.27. The maximum atomic E-state index is 13.1. The predicted molar refractivity (Wildman–Crippen MR) is 124 cm³/mol. The van der Waals surface area contributed by atoms with Crippen molar-refractivity contribution in [2.24, 2.45) is 0 Å². The van der Waals surface area contributed by atoms with Gasteiger partial charge in [-0.15, -0.1) is 0 Å². The lowest BCUT2D eigenvalue weighted by Gasteiger charge is -2.26. The van der Waals surface area contributed by atoms with E-state index in [0.29, 0.717) is 21.9 Å². The van der Waals surface area contributed by atoms with Gasteiger partial charge in [0, 0.05) is 22.7 Å². The number of barbiturate groups is 1. The zero-order valence-electron chi connectivity index (χ0n) is 17.4. The number of non-ortho nitro benzene ring substituents is 1. The Balaban J connectivity index is 1.60. The van der Waals surface area contributed by atoms with Gasteiger partial charge in [0.25, 0.3) is 17.5 Å². The molecule has 1 saturated heterocycles. The molecule has 0 aromatic heterocycles. The highest BCUT2D eigenvalue weighted by Crippen LogP contribution is 2.27. The molecule has 4 amide bonds. The Hall–Kier alpha value is -4.50. The number of para-hydroxylation sites is 1. The third-order valence-corrected chi connectivity index (χ3v) is 5.16. The van der Waals surface area contributed by atoms with E-state index in [4.69, 9.17) is 16.3 Å². The average molecular weight is 478 g/mol. The van der Waals surface area contributed by atoms with E-state index < -0.39 is 22.8 Å². The van der Waals surface area contributed by atoms with Crippen LogP contribution in [0.1, 0.15) is 11.1 Å². The molecular weight excluding hydrogens is 462 g/mol. The second kappa shape index (κ2) is 9.55. The van der Waals surface area contributed by atoms with Crippen molar-refractivity contribution >= 4 is 46.9 Å². The molecule has 1 heterocycles. The summed E-state index contributed by atoms with van der Waals surface area (Å²) < 4.78 is 5.83. The molecule has 4 rings (SSSR count). The van der Waals surface area contributed by atoms with Crippen molar-refractivity contribution in [2.75, 3.05) is 4.90 Å².